The zero-order valence-electron chi connectivity index (χ0n) is 14.2. The van der Waals surface area contributed by atoms with Gasteiger partial charge in [0.1, 0.15) is 12.7 Å². The zero-order chi connectivity index (χ0) is 16.7. The number of amides is 1. The summed E-state index contributed by atoms with van der Waals surface area (Å²) >= 11 is 0. The number of piperidine rings is 1. The van der Waals surface area contributed by atoms with E-state index >= 15 is 0 Å². The summed E-state index contributed by atoms with van der Waals surface area (Å²) in [7, 11) is 3.99. The molecule has 126 valence electrons. The molecule has 2 atom stereocenters. The summed E-state index contributed by atoms with van der Waals surface area (Å²) in [5.74, 6) is 0.170. The number of hydrogen-bond acceptors (Lipinski definition) is 4. The molecule has 1 aromatic carbocycles. The highest BCUT2D eigenvalue weighted by Crippen LogP contribution is 2.41. The quantitative estimate of drug-likeness (QED) is 0.869. The molecule has 0 spiro atoms. The van der Waals surface area contributed by atoms with Crippen LogP contribution in [0.25, 0.3) is 0 Å². The summed E-state index contributed by atoms with van der Waals surface area (Å²) < 4.78 is 1.96. The van der Waals surface area contributed by atoms with Crippen LogP contribution < -0.4 is 4.90 Å². The number of aromatic nitrogens is 3. The normalized spacial score (nSPS) is 25.8. The average molecular weight is 325 g/mol. The number of hydrogen-bond donors (Lipinski definition) is 0. The SMILES string of the molecule is CN(C)c1cccc(C(=O)N2C3CCC2CC(n2cncn2)C3)c1. The van der Waals surface area contributed by atoms with Crippen LogP contribution in [0.2, 0.25) is 0 Å². The lowest BCUT2D eigenvalue weighted by Gasteiger charge is -2.39. The van der Waals surface area contributed by atoms with Crippen LogP contribution in [0.3, 0.4) is 0 Å². The summed E-state index contributed by atoms with van der Waals surface area (Å²) in [6.07, 6.45) is 7.51. The minimum atomic E-state index is 0.170. The molecule has 0 radical (unpaired) electrons. The van der Waals surface area contributed by atoms with E-state index in [0.29, 0.717) is 18.1 Å². The van der Waals surface area contributed by atoms with Crippen molar-refractivity contribution in [3.63, 3.8) is 0 Å². The third-order valence-corrected chi connectivity index (χ3v) is 5.36. The molecule has 2 aliphatic heterocycles. The molecule has 0 N–H and O–H groups in total. The number of fused-ring (bicyclic) bond motifs is 2. The highest BCUT2D eigenvalue weighted by molar-refractivity contribution is 5.95. The lowest BCUT2D eigenvalue weighted by atomic mass is 9.96. The fraction of sp³-hybridized carbons (Fsp3) is 0.500. The van der Waals surface area contributed by atoms with Gasteiger partial charge in [-0.2, -0.15) is 5.10 Å². The highest BCUT2D eigenvalue weighted by atomic mass is 16.2. The summed E-state index contributed by atoms with van der Waals surface area (Å²) in [4.78, 5) is 21.3. The van der Waals surface area contributed by atoms with Gasteiger partial charge in [-0.15, -0.1) is 0 Å². The van der Waals surface area contributed by atoms with Gasteiger partial charge in [0.2, 0.25) is 0 Å². The van der Waals surface area contributed by atoms with Gasteiger partial charge >= 0.3 is 0 Å². The Morgan fingerprint density at radius 1 is 1.17 bits per heavy atom. The molecule has 4 rings (SSSR count). The van der Waals surface area contributed by atoms with E-state index < -0.39 is 0 Å². The Bertz CT molecular complexity index is 713. The molecule has 0 saturated carbocycles. The van der Waals surface area contributed by atoms with Crippen molar-refractivity contribution in [1.29, 1.82) is 0 Å². The van der Waals surface area contributed by atoms with Crippen molar-refractivity contribution in [2.24, 2.45) is 0 Å². The molecule has 2 bridgehead atoms. The molecule has 6 nitrogen and oxygen atoms in total. The minimum Gasteiger partial charge on any atom is -0.378 e. The first-order valence-electron chi connectivity index (χ1n) is 8.57. The first-order valence-corrected chi connectivity index (χ1v) is 8.57. The van der Waals surface area contributed by atoms with Crippen LogP contribution in [0.15, 0.2) is 36.9 Å². The second-order valence-electron chi connectivity index (χ2n) is 7.04. The van der Waals surface area contributed by atoms with Crippen molar-refractivity contribution in [3.8, 4) is 0 Å². The van der Waals surface area contributed by atoms with E-state index in [1.807, 2.05) is 47.9 Å². The van der Waals surface area contributed by atoms with Crippen LogP contribution in [0, 0.1) is 0 Å². The number of benzene rings is 1. The number of rotatable bonds is 3. The smallest absolute Gasteiger partial charge is 0.254 e. The van der Waals surface area contributed by atoms with Crippen molar-refractivity contribution in [1.82, 2.24) is 19.7 Å². The van der Waals surface area contributed by atoms with Gasteiger partial charge in [-0.3, -0.25) is 4.79 Å². The van der Waals surface area contributed by atoms with E-state index in [1.54, 1.807) is 12.7 Å². The van der Waals surface area contributed by atoms with Gasteiger partial charge in [0.05, 0.1) is 6.04 Å². The second-order valence-corrected chi connectivity index (χ2v) is 7.04. The largest absolute Gasteiger partial charge is 0.378 e. The van der Waals surface area contributed by atoms with Gasteiger partial charge in [0, 0.05) is 37.4 Å². The summed E-state index contributed by atoms with van der Waals surface area (Å²) in [5.41, 5.74) is 1.85. The first kappa shape index (κ1) is 15.2. The van der Waals surface area contributed by atoms with E-state index in [1.165, 1.54) is 0 Å². The van der Waals surface area contributed by atoms with Crippen molar-refractivity contribution in [2.45, 2.75) is 43.8 Å². The summed E-state index contributed by atoms with van der Waals surface area (Å²) in [5, 5.41) is 4.29. The Morgan fingerprint density at radius 3 is 2.54 bits per heavy atom. The Hall–Kier alpha value is -2.37. The Morgan fingerprint density at radius 2 is 1.92 bits per heavy atom. The first-order chi connectivity index (χ1) is 11.6. The molecule has 24 heavy (non-hydrogen) atoms. The molecule has 2 saturated heterocycles. The Labute approximate surface area is 142 Å². The van der Waals surface area contributed by atoms with Crippen molar-refractivity contribution in [3.05, 3.63) is 42.5 Å². The number of nitrogens with zero attached hydrogens (tertiary/aromatic N) is 5. The maximum Gasteiger partial charge on any atom is 0.254 e. The third kappa shape index (κ3) is 2.56. The van der Waals surface area contributed by atoms with E-state index in [4.69, 9.17) is 0 Å². The summed E-state index contributed by atoms with van der Waals surface area (Å²) in [6, 6.07) is 8.91. The topological polar surface area (TPSA) is 54.3 Å². The van der Waals surface area contributed by atoms with Crippen LogP contribution in [-0.4, -0.2) is 51.8 Å². The van der Waals surface area contributed by atoms with Crippen molar-refractivity contribution in [2.75, 3.05) is 19.0 Å². The van der Waals surface area contributed by atoms with Gasteiger partial charge in [-0.25, -0.2) is 9.67 Å². The van der Waals surface area contributed by atoms with Crippen LogP contribution in [0.4, 0.5) is 5.69 Å². The predicted molar refractivity (Wildman–Crippen MR) is 92.0 cm³/mol. The van der Waals surface area contributed by atoms with Crippen LogP contribution in [-0.2, 0) is 0 Å². The van der Waals surface area contributed by atoms with Gasteiger partial charge in [-0.1, -0.05) is 6.07 Å². The standard InChI is InChI=1S/C18H23N5O/c1-21(2)14-5-3-4-13(8-14)18(24)23-15-6-7-16(23)10-17(9-15)22-12-19-11-20-22/h3-5,8,11-12,15-17H,6-7,9-10H2,1-2H3. The molecule has 0 aliphatic carbocycles. The molecule has 2 fully saturated rings. The number of anilines is 1. The molecule has 1 aromatic heterocycles. The molecule has 2 aliphatic rings. The molecule has 2 aromatic rings. The Balaban J connectivity index is 1.55. The fourth-order valence-electron chi connectivity index (χ4n) is 4.17. The zero-order valence-corrected chi connectivity index (χ0v) is 14.2. The fourth-order valence-corrected chi connectivity index (χ4v) is 4.17. The van der Waals surface area contributed by atoms with Gasteiger partial charge < -0.3 is 9.80 Å². The van der Waals surface area contributed by atoms with E-state index in [-0.39, 0.29) is 5.91 Å². The van der Waals surface area contributed by atoms with E-state index in [2.05, 4.69) is 15.0 Å². The van der Waals surface area contributed by atoms with Crippen LogP contribution >= 0.6 is 0 Å². The average Bonchev–Trinajstić information content (AvgIpc) is 3.21. The molecule has 1 amide bonds. The van der Waals surface area contributed by atoms with Gasteiger partial charge in [0.25, 0.3) is 5.91 Å². The molecule has 2 unspecified atom stereocenters. The predicted octanol–water partition coefficient (Wildman–Crippen LogP) is 2.35. The van der Waals surface area contributed by atoms with Gasteiger partial charge in [-0.05, 0) is 43.9 Å². The molecular formula is C18H23N5O. The Kier molecular flexibility index (Phi) is 3.75. The monoisotopic (exact) mass is 325 g/mol. The second kappa shape index (κ2) is 5.92. The molecule has 6 heteroatoms. The van der Waals surface area contributed by atoms with Crippen molar-refractivity contribution >= 4 is 11.6 Å². The highest BCUT2D eigenvalue weighted by Gasteiger charge is 2.44. The minimum absolute atomic E-state index is 0.170. The number of carbonyl (C=O) groups is 1. The van der Waals surface area contributed by atoms with E-state index in [0.717, 1.165) is 36.9 Å². The summed E-state index contributed by atoms with van der Waals surface area (Å²) in [6.45, 7) is 0. The number of carbonyl (C=O) groups excluding carboxylic acids is 1. The lowest BCUT2D eigenvalue weighted by Crippen LogP contribution is -2.47. The van der Waals surface area contributed by atoms with E-state index in [9.17, 15) is 4.79 Å². The molecule has 3 heterocycles. The maximum atomic E-state index is 13.1. The lowest BCUT2D eigenvalue weighted by molar-refractivity contribution is 0.0524. The maximum absolute atomic E-state index is 13.1. The third-order valence-electron chi connectivity index (χ3n) is 5.36. The molecular weight excluding hydrogens is 302 g/mol. The van der Waals surface area contributed by atoms with Gasteiger partial charge in [0.15, 0.2) is 0 Å². The van der Waals surface area contributed by atoms with Crippen molar-refractivity contribution < 1.29 is 4.79 Å². The van der Waals surface area contributed by atoms with Crippen LogP contribution in [0.5, 0.6) is 0 Å². The van der Waals surface area contributed by atoms with Crippen LogP contribution in [0.1, 0.15) is 42.1 Å².